The van der Waals surface area contributed by atoms with Crippen LogP contribution in [0.3, 0.4) is 0 Å². The Morgan fingerprint density at radius 3 is 2.57 bits per heavy atom. The predicted octanol–water partition coefficient (Wildman–Crippen LogP) is 4.19. The van der Waals surface area contributed by atoms with Crippen molar-refractivity contribution in [1.29, 1.82) is 0 Å². The van der Waals surface area contributed by atoms with Crippen LogP contribution in [0.25, 0.3) is 11.5 Å². The Morgan fingerprint density at radius 1 is 1.00 bits per heavy atom. The largest absolute Gasteiger partial charge is 0.378 e. The molecule has 0 N–H and O–H groups in total. The smallest absolute Gasteiger partial charge is 0.232 e. The summed E-state index contributed by atoms with van der Waals surface area (Å²) >= 11 is 1.41. The third-order valence-corrected chi connectivity index (χ3v) is 7.04. The Bertz CT molecular complexity index is 1340. The van der Waals surface area contributed by atoms with Gasteiger partial charge in [-0.15, -0.1) is 10.2 Å². The van der Waals surface area contributed by atoms with E-state index in [9.17, 15) is 4.79 Å². The lowest BCUT2D eigenvalue weighted by Gasteiger charge is -2.28. The molecule has 1 aromatic carbocycles. The number of hydrogen-bond donors (Lipinski definition) is 0. The number of Topliss-reactive ketones (excluding diaryl/α,β-unsaturated/α-hetero) is 1. The number of aryl methyl sites for hydroxylation is 2. The third-order valence-electron chi connectivity index (χ3n) is 6.11. The first-order valence-electron chi connectivity index (χ1n) is 11.6. The van der Waals surface area contributed by atoms with Gasteiger partial charge in [-0.25, -0.2) is 4.98 Å². The van der Waals surface area contributed by atoms with Gasteiger partial charge >= 0.3 is 0 Å². The number of nitrogens with zero attached hydrogens (tertiary/aromatic N) is 6. The zero-order valence-electron chi connectivity index (χ0n) is 20.1. The quantitative estimate of drug-likeness (QED) is 0.285. The van der Waals surface area contributed by atoms with Gasteiger partial charge in [-0.3, -0.25) is 9.36 Å². The fourth-order valence-electron chi connectivity index (χ4n) is 4.41. The van der Waals surface area contributed by atoms with Gasteiger partial charge in [0.2, 0.25) is 5.95 Å². The number of ether oxygens (including phenoxy) is 1. The van der Waals surface area contributed by atoms with Crippen LogP contribution in [0.1, 0.15) is 27.3 Å². The summed E-state index contributed by atoms with van der Waals surface area (Å²) in [5.74, 6) is 1.90. The average Bonchev–Trinajstić information content (AvgIpc) is 3.44. The Labute approximate surface area is 209 Å². The van der Waals surface area contributed by atoms with Gasteiger partial charge < -0.3 is 14.2 Å². The number of carbonyl (C=O) groups excluding carboxylic acids is 1. The maximum absolute atomic E-state index is 13.3. The summed E-state index contributed by atoms with van der Waals surface area (Å²) in [5, 5.41) is 9.69. The fraction of sp³-hybridized carbons (Fsp3) is 0.308. The van der Waals surface area contributed by atoms with E-state index < -0.39 is 0 Å². The van der Waals surface area contributed by atoms with Crippen molar-refractivity contribution in [3.63, 3.8) is 0 Å². The number of benzene rings is 1. The Hall–Kier alpha value is -3.43. The van der Waals surface area contributed by atoms with Crippen LogP contribution in [0.15, 0.2) is 59.9 Å². The molecule has 0 unspecified atom stereocenters. The lowest BCUT2D eigenvalue weighted by Crippen LogP contribution is -2.37. The highest BCUT2D eigenvalue weighted by molar-refractivity contribution is 7.99. The molecule has 0 amide bonds. The molecule has 0 radical (unpaired) electrons. The minimum atomic E-state index is 0.0528. The van der Waals surface area contributed by atoms with Crippen molar-refractivity contribution >= 4 is 23.5 Å². The first-order valence-corrected chi connectivity index (χ1v) is 12.6. The molecule has 0 atom stereocenters. The van der Waals surface area contributed by atoms with Crippen LogP contribution in [0, 0.1) is 20.8 Å². The van der Waals surface area contributed by atoms with Crippen molar-refractivity contribution in [2.45, 2.75) is 25.9 Å². The summed E-state index contributed by atoms with van der Waals surface area (Å²) in [6.45, 7) is 8.86. The predicted molar refractivity (Wildman–Crippen MR) is 137 cm³/mol. The molecule has 0 saturated carbocycles. The van der Waals surface area contributed by atoms with E-state index in [-0.39, 0.29) is 11.5 Å². The molecule has 0 spiro atoms. The van der Waals surface area contributed by atoms with Crippen LogP contribution >= 0.6 is 11.8 Å². The zero-order chi connectivity index (χ0) is 24.4. The van der Waals surface area contributed by atoms with E-state index in [1.165, 1.54) is 11.8 Å². The minimum Gasteiger partial charge on any atom is -0.378 e. The highest BCUT2D eigenvalue weighted by Gasteiger charge is 2.23. The molecule has 5 rings (SSSR count). The molecular formula is C26H28N6O2S. The van der Waals surface area contributed by atoms with Gasteiger partial charge in [-0.2, -0.15) is 0 Å². The lowest BCUT2D eigenvalue weighted by atomic mass is 10.2. The molecule has 9 heteroatoms. The maximum atomic E-state index is 13.3. The number of morpholine rings is 1. The van der Waals surface area contributed by atoms with Crippen molar-refractivity contribution in [2.75, 3.05) is 37.0 Å². The number of rotatable bonds is 7. The van der Waals surface area contributed by atoms with Crippen LogP contribution in [0.2, 0.25) is 0 Å². The monoisotopic (exact) mass is 488 g/mol. The van der Waals surface area contributed by atoms with Crippen molar-refractivity contribution in [3.05, 3.63) is 77.2 Å². The van der Waals surface area contributed by atoms with Crippen LogP contribution in [0.4, 0.5) is 5.95 Å². The standard InChI is InChI=1S/C26H28N6O2S/c1-18-7-6-8-21(15-18)32-25(30-11-13-34-14-12-30)28-29-26(32)35-17-23(33)22-16-19(2)31(20(22)3)24-9-4-5-10-27-24/h4-10,15-16H,11-14,17H2,1-3H3. The van der Waals surface area contributed by atoms with Gasteiger partial charge in [0.1, 0.15) is 5.82 Å². The van der Waals surface area contributed by atoms with E-state index in [2.05, 4.69) is 39.1 Å². The van der Waals surface area contributed by atoms with E-state index in [0.29, 0.717) is 23.9 Å². The van der Waals surface area contributed by atoms with Gasteiger partial charge in [0, 0.05) is 36.2 Å². The van der Waals surface area contributed by atoms with Gasteiger partial charge in [0.25, 0.3) is 0 Å². The molecular weight excluding hydrogens is 460 g/mol. The van der Waals surface area contributed by atoms with E-state index in [1.807, 2.05) is 59.4 Å². The Kier molecular flexibility index (Phi) is 6.70. The highest BCUT2D eigenvalue weighted by Crippen LogP contribution is 2.29. The average molecular weight is 489 g/mol. The molecule has 8 nitrogen and oxygen atoms in total. The summed E-state index contributed by atoms with van der Waals surface area (Å²) in [6.07, 6.45) is 1.76. The molecule has 1 saturated heterocycles. The first kappa shape index (κ1) is 23.3. The number of thioether (sulfide) groups is 1. The van der Waals surface area contributed by atoms with Gasteiger partial charge in [-0.05, 0) is 56.7 Å². The topological polar surface area (TPSA) is 78.1 Å². The number of ketones is 1. The minimum absolute atomic E-state index is 0.0528. The van der Waals surface area contributed by atoms with E-state index >= 15 is 0 Å². The van der Waals surface area contributed by atoms with Crippen molar-refractivity contribution in [2.24, 2.45) is 0 Å². The Balaban J connectivity index is 1.42. The molecule has 1 aliphatic rings. The second kappa shape index (κ2) is 10.1. The lowest BCUT2D eigenvalue weighted by molar-refractivity contribution is 0.102. The second-order valence-electron chi connectivity index (χ2n) is 8.58. The van der Waals surface area contributed by atoms with Crippen LogP contribution < -0.4 is 4.90 Å². The Morgan fingerprint density at radius 2 is 1.83 bits per heavy atom. The molecule has 0 aliphatic carbocycles. The summed E-state index contributed by atoms with van der Waals surface area (Å²) in [6, 6.07) is 16.0. The second-order valence-corrected chi connectivity index (χ2v) is 9.52. The molecule has 1 aliphatic heterocycles. The van der Waals surface area contributed by atoms with E-state index in [0.717, 1.165) is 47.5 Å². The van der Waals surface area contributed by atoms with Crippen LogP contribution in [-0.2, 0) is 4.74 Å². The zero-order valence-corrected chi connectivity index (χ0v) is 21.0. The van der Waals surface area contributed by atoms with Crippen LogP contribution in [0.5, 0.6) is 0 Å². The summed E-state index contributed by atoms with van der Waals surface area (Å²) in [5.41, 5.74) is 4.71. The van der Waals surface area contributed by atoms with Gasteiger partial charge in [0.05, 0.1) is 24.7 Å². The summed E-state index contributed by atoms with van der Waals surface area (Å²) < 4.78 is 9.59. The molecule has 4 aromatic rings. The molecule has 1 fully saturated rings. The summed E-state index contributed by atoms with van der Waals surface area (Å²) in [7, 11) is 0. The molecule has 4 heterocycles. The first-order chi connectivity index (χ1) is 17.0. The highest BCUT2D eigenvalue weighted by atomic mass is 32.2. The van der Waals surface area contributed by atoms with Crippen molar-refractivity contribution in [3.8, 4) is 11.5 Å². The number of aromatic nitrogens is 5. The SMILES string of the molecule is Cc1cccc(-n2c(SCC(=O)c3cc(C)n(-c4ccccn4)c3C)nnc2N2CCOCC2)c1. The number of hydrogen-bond acceptors (Lipinski definition) is 7. The normalized spacial score (nSPS) is 13.9. The van der Waals surface area contributed by atoms with E-state index in [1.54, 1.807) is 6.20 Å². The van der Waals surface area contributed by atoms with Crippen LogP contribution in [-0.4, -0.2) is 62.2 Å². The number of anilines is 1. The molecule has 0 bridgehead atoms. The fourth-order valence-corrected chi connectivity index (χ4v) is 5.24. The van der Waals surface area contributed by atoms with E-state index in [4.69, 9.17) is 4.74 Å². The molecule has 3 aromatic heterocycles. The van der Waals surface area contributed by atoms with Gasteiger partial charge in [0.15, 0.2) is 10.9 Å². The van der Waals surface area contributed by atoms with Gasteiger partial charge in [-0.1, -0.05) is 30.0 Å². The number of carbonyl (C=O) groups is 1. The number of pyridine rings is 1. The third kappa shape index (κ3) is 4.74. The molecule has 35 heavy (non-hydrogen) atoms. The maximum Gasteiger partial charge on any atom is 0.232 e. The summed E-state index contributed by atoms with van der Waals surface area (Å²) in [4.78, 5) is 19.9. The molecule has 180 valence electrons. The van der Waals surface area contributed by atoms with Crippen molar-refractivity contribution in [1.82, 2.24) is 24.3 Å². The van der Waals surface area contributed by atoms with Crippen molar-refractivity contribution < 1.29 is 9.53 Å².